The van der Waals surface area contributed by atoms with E-state index in [4.69, 9.17) is 9.47 Å². The Balaban J connectivity index is 3.15. The molecule has 0 bridgehead atoms. The first-order valence-electron chi connectivity index (χ1n) is 8.05. The van der Waals surface area contributed by atoms with Gasteiger partial charge in [-0.3, -0.25) is 9.59 Å². The predicted molar refractivity (Wildman–Crippen MR) is 89.9 cm³/mol. The van der Waals surface area contributed by atoms with E-state index in [9.17, 15) is 9.59 Å². The summed E-state index contributed by atoms with van der Waals surface area (Å²) in [7, 11) is 0. The van der Waals surface area contributed by atoms with Gasteiger partial charge in [-0.1, -0.05) is 43.3 Å². The minimum Gasteiger partial charge on any atom is -0.465 e. The van der Waals surface area contributed by atoms with Crippen molar-refractivity contribution in [3.05, 3.63) is 48.6 Å². The molecular formula is C19H26O4. The van der Waals surface area contributed by atoms with Gasteiger partial charge >= 0.3 is 11.9 Å². The van der Waals surface area contributed by atoms with Gasteiger partial charge in [0.15, 0.2) is 5.92 Å². The maximum Gasteiger partial charge on any atom is 0.320 e. The van der Waals surface area contributed by atoms with E-state index in [1.807, 2.05) is 37.3 Å². The average molecular weight is 318 g/mol. The minimum atomic E-state index is -0.942. The first-order chi connectivity index (χ1) is 11.1. The van der Waals surface area contributed by atoms with Crippen LogP contribution >= 0.6 is 0 Å². The molecule has 0 heterocycles. The maximum absolute atomic E-state index is 12.4. The van der Waals surface area contributed by atoms with Crippen LogP contribution in [0.4, 0.5) is 0 Å². The molecule has 0 aromatic heterocycles. The quantitative estimate of drug-likeness (QED) is 0.395. The molecular weight excluding hydrogens is 292 g/mol. The predicted octanol–water partition coefficient (Wildman–Crippen LogP) is 3.72. The highest BCUT2D eigenvalue weighted by Gasteiger charge is 2.39. The zero-order valence-corrected chi connectivity index (χ0v) is 14.2. The lowest BCUT2D eigenvalue weighted by atomic mass is 9.77. The molecule has 0 N–H and O–H groups in total. The number of hydrogen-bond donors (Lipinski definition) is 0. The van der Waals surface area contributed by atoms with Gasteiger partial charge in [0.1, 0.15) is 0 Å². The van der Waals surface area contributed by atoms with Crippen LogP contribution in [-0.4, -0.2) is 25.2 Å². The van der Waals surface area contributed by atoms with Crippen molar-refractivity contribution in [1.82, 2.24) is 0 Å². The second-order valence-corrected chi connectivity index (χ2v) is 5.37. The Morgan fingerprint density at radius 2 is 1.61 bits per heavy atom. The Morgan fingerprint density at radius 3 is 2.04 bits per heavy atom. The summed E-state index contributed by atoms with van der Waals surface area (Å²) in [5.74, 6) is -2.26. The summed E-state index contributed by atoms with van der Waals surface area (Å²) in [6, 6.07) is 9.82. The fourth-order valence-electron chi connectivity index (χ4n) is 2.74. The summed E-state index contributed by atoms with van der Waals surface area (Å²) < 4.78 is 10.2. The van der Waals surface area contributed by atoms with Crippen LogP contribution in [0.1, 0.15) is 38.7 Å². The summed E-state index contributed by atoms with van der Waals surface area (Å²) in [6.07, 6.45) is 2.26. The lowest BCUT2D eigenvalue weighted by Crippen LogP contribution is -2.36. The summed E-state index contributed by atoms with van der Waals surface area (Å²) in [5, 5.41) is 0. The number of rotatable bonds is 9. The van der Waals surface area contributed by atoms with Crippen molar-refractivity contribution in [2.24, 2.45) is 11.8 Å². The highest BCUT2D eigenvalue weighted by molar-refractivity contribution is 5.95. The molecule has 0 aliphatic rings. The van der Waals surface area contributed by atoms with Crippen LogP contribution in [0.3, 0.4) is 0 Å². The van der Waals surface area contributed by atoms with Gasteiger partial charge in [-0.15, -0.1) is 6.58 Å². The molecule has 1 rings (SSSR count). The molecule has 0 radical (unpaired) electrons. The molecule has 0 fully saturated rings. The molecule has 0 aliphatic carbocycles. The summed E-state index contributed by atoms with van der Waals surface area (Å²) >= 11 is 0. The lowest BCUT2D eigenvalue weighted by Gasteiger charge is -2.28. The third-order valence-electron chi connectivity index (χ3n) is 3.92. The summed E-state index contributed by atoms with van der Waals surface area (Å²) in [5.41, 5.74) is 1.07. The monoisotopic (exact) mass is 318 g/mol. The smallest absolute Gasteiger partial charge is 0.320 e. The number of allylic oxidation sites excluding steroid dienone is 1. The molecule has 4 heteroatoms. The first kappa shape index (κ1) is 18.9. The fraction of sp³-hybridized carbons (Fsp3) is 0.474. The molecule has 23 heavy (non-hydrogen) atoms. The van der Waals surface area contributed by atoms with Gasteiger partial charge in [-0.2, -0.15) is 0 Å². The highest BCUT2D eigenvalue weighted by atomic mass is 16.6. The molecule has 1 aromatic rings. The molecule has 126 valence electrons. The van der Waals surface area contributed by atoms with Crippen LogP contribution in [-0.2, 0) is 19.1 Å². The fourth-order valence-corrected chi connectivity index (χ4v) is 2.74. The first-order valence-corrected chi connectivity index (χ1v) is 8.05. The van der Waals surface area contributed by atoms with E-state index in [-0.39, 0.29) is 25.0 Å². The zero-order chi connectivity index (χ0) is 17.2. The van der Waals surface area contributed by atoms with Gasteiger partial charge in [-0.05, 0) is 37.7 Å². The Hall–Kier alpha value is -2.10. The van der Waals surface area contributed by atoms with Crippen molar-refractivity contribution in [2.75, 3.05) is 13.2 Å². The van der Waals surface area contributed by atoms with E-state index >= 15 is 0 Å². The van der Waals surface area contributed by atoms with Crippen molar-refractivity contribution in [1.29, 1.82) is 0 Å². The van der Waals surface area contributed by atoms with E-state index in [1.54, 1.807) is 19.9 Å². The molecule has 2 unspecified atom stereocenters. The van der Waals surface area contributed by atoms with Gasteiger partial charge in [0.05, 0.1) is 13.2 Å². The van der Waals surface area contributed by atoms with E-state index in [0.717, 1.165) is 5.56 Å². The van der Waals surface area contributed by atoms with E-state index < -0.39 is 17.9 Å². The summed E-state index contributed by atoms with van der Waals surface area (Å²) in [4.78, 5) is 24.7. The Labute approximate surface area is 138 Å². The third kappa shape index (κ3) is 5.23. The normalized spacial score (nSPS) is 13.2. The number of esters is 2. The van der Waals surface area contributed by atoms with Gasteiger partial charge in [0, 0.05) is 0 Å². The van der Waals surface area contributed by atoms with E-state index in [1.165, 1.54) is 0 Å². The Morgan fingerprint density at radius 1 is 1.09 bits per heavy atom. The van der Waals surface area contributed by atoms with Crippen molar-refractivity contribution in [3.63, 3.8) is 0 Å². The second kappa shape index (κ2) is 9.82. The minimum absolute atomic E-state index is 0.00647. The molecule has 1 aromatic carbocycles. The van der Waals surface area contributed by atoms with E-state index in [0.29, 0.717) is 6.42 Å². The number of carbonyl (C=O) groups excluding carboxylic acids is 2. The molecule has 0 saturated carbocycles. The number of hydrogen-bond acceptors (Lipinski definition) is 4. The molecule has 0 saturated heterocycles. The molecule has 4 nitrogen and oxygen atoms in total. The van der Waals surface area contributed by atoms with Gasteiger partial charge in [0.2, 0.25) is 0 Å². The molecule has 0 amide bonds. The Bertz CT molecular complexity index is 491. The van der Waals surface area contributed by atoms with Gasteiger partial charge in [0.25, 0.3) is 0 Å². The van der Waals surface area contributed by atoms with Crippen LogP contribution in [0.5, 0.6) is 0 Å². The van der Waals surface area contributed by atoms with Crippen LogP contribution in [0.2, 0.25) is 0 Å². The largest absolute Gasteiger partial charge is 0.465 e. The average Bonchev–Trinajstić information content (AvgIpc) is 2.55. The SMILES string of the molecule is C=CCC(C(C(=O)OCC)C(=O)OCC)C(C)c1ccccc1. The van der Waals surface area contributed by atoms with Crippen molar-refractivity contribution in [3.8, 4) is 0 Å². The number of ether oxygens (including phenoxy) is 2. The van der Waals surface area contributed by atoms with E-state index in [2.05, 4.69) is 6.58 Å². The lowest BCUT2D eigenvalue weighted by molar-refractivity contribution is -0.164. The van der Waals surface area contributed by atoms with Crippen LogP contribution in [0.25, 0.3) is 0 Å². The van der Waals surface area contributed by atoms with Crippen molar-refractivity contribution < 1.29 is 19.1 Å². The number of carbonyl (C=O) groups is 2. The Kier molecular flexibility index (Phi) is 8.09. The molecule has 2 atom stereocenters. The number of benzene rings is 1. The van der Waals surface area contributed by atoms with Crippen LogP contribution in [0, 0.1) is 11.8 Å². The zero-order valence-electron chi connectivity index (χ0n) is 14.2. The highest BCUT2D eigenvalue weighted by Crippen LogP contribution is 2.34. The molecule has 0 aliphatic heterocycles. The third-order valence-corrected chi connectivity index (χ3v) is 3.92. The van der Waals surface area contributed by atoms with Crippen LogP contribution in [0.15, 0.2) is 43.0 Å². The van der Waals surface area contributed by atoms with Crippen molar-refractivity contribution >= 4 is 11.9 Å². The maximum atomic E-state index is 12.4. The van der Waals surface area contributed by atoms with Crippen molar-refractivity contribution in [2.45, 2.75) is 33.1 Å². The van der Waals surface area contributed by atoms with Crippen LogP contribution < -0.4 is 0 Å². The summed E-state index contributed by atoms with van der Waals surface area (Å²) in [6.45, 7) is 9.69. The second-order valence-electron chi connectivity index (χ2n) is 5.37. The van der Waals surface area contributed by atoms with Gasteiger partial charge < -0.3 is 9.47 Å². The molecule has 0 spiro atoms. The topological polar surface area (TPSA) is 52.6 Å². The standard InChI is InChI=1S/C19H26O4/c1-5-11-16(14(4)15-12-9-8-10-13-15)17(18(20)22-6-2)19(21)23-7-3/h5,8-10,12-14,16-17H,1,6-7,11H2,2-4H3. The van der Waals surface area contributed by atoms with Gasteiger partial charge in [-0.25, -0.2) is 0 Å².